The Hall–Kier alpha value is -1.59. The van der Waals surface area contributed by atoms with Crippen LogP contribution in [0.2, 0.25) is 0 Å². The second kappa shape index (κ2) is 3.88. The van der Waals surface area contributed by atoms with E-state index >= 15 is 0 Å². The molecule has 1 saturated heterocycles. The lowest BCUT2D eigenvalue weighted by molar-refractivity contribution is -0.140. The molecule has 0 saturated carbocycles. The van der Waals surface area contributed by atoms with Crippen LogP contribution in [0.15, 0.2) is 0 Å². The number of rotatable bonds is 4. The Morgan fingerprint density at radius 3 is 2.47 bits per heavy atom. The van der Waals surface area contributed by atoms with Crippen LogP contribution in [0.5, 0.6) is 0 Å². The first kappa shape index (κ1) is 11.5. The van der Waals surface area contributed by atoms with Gasteiger partial charge in [-0.05, 0) is 6.42 Å². The molecule has 0 aromatic carbocycles. The Morgan fingerprint density at radius 2 is 2.00 bits per heavy atom. The predicted molar refractivity (Wildman–Crippen MR) is 52.3 cm³/mol. The van der Waals surface area contributed by atoms with Crippen molar-refractivity contribution >= 4 is 17.7 Å². The highest BCUT2D eigenvalue weighted by molar-refractivity contribution is 5.92. The van der Waals surface area contributed by atoms with Gasteiger partial charge in [0.1, 0.15) is 0 Å². The van der Waals surface area contributed by atoms with Gasteiger partial charge in [0.2, 0.25) is 17.7 Å². The average Bonchev–Trinajstić information content (AvgIpc) is 2.31. The lowest BCUT2D eigenvalue weighted by atomic mass is 9.85. The van der Waals surface area contributed by atoms with Crippen LogP contribution in [0.4, 0.5) is 0 Å². The zero-order valence-electron chi connectivity index (χ0n) is 8.66. The minimum Gasteiger partial charge on any atom is -0.370 e. The second-order valence-corrected chi connectivity index (χ2v) is 4.15. The smallest absolute Gasteiger partial charge is 0.237 e. The van der Waals surface area contributed by atoms with Gasteiger partial charge in [-0.25, -0.2) is 0 Å². The summed E-state index contributed by atoms with van der Waals surface area (Å²) in [6.07, 6.45) is 0.545. The van der Waals surface area contributed by atoms with Crippen molar-refractivity contribution in [1.82, 2.24) is 4.90 Å². The Balaban J connectivity index is 2.70. The monoisotopic (exact) mass is 213 g/mol. The fourth-order valence-electron chi connectivity index (χ4n) is 1.86. The zero-order chi connectivity index (χ0) is 11.6. The van der Waals surface area contributed by atoms with Gasteiger partial charge in [-0.2, -0.15) is 0 Å². The van der Waals surface area contributed by atoms with Crippen molar-refractivity contribution in [2.75, 3.05) is 13.1 Å². The predicted octanol–water partition coefficient (Wildman–Crippen LogP) is -1.41. The van der Waals surface area contributed by atoms with Gasteiger partial charge in [0.25, 0.3) is 0 Å². The van der Waals surface area contributed by atoms with Crippen LogP contribution in [0.3, 0.4) is 0 Å². The number of hydrogen-bond acceptors (Lipinski definition) is 3. The van der Waals surface area contributed by atoms with E-state index in [9.17, 15) is 14.4 Å². The molecule has 1 heterocycles. The van der Waals surface area contributed by atoms with Gasteiger partial charge >= 0.3 is 0 Å². The molecule has 1 aliphatic rings. The Bertz CT molecular complexity index is 316. The maximum Gasteiger partial charge on any atom is 0.237 e. The van der Waals surface area contributed by atoms with Crippen LogP contribution in [0.1, 0.15) is 19.8 Å². The van der Waals surface area contributed by atoms with Gasteiger partial charge in [0.05, 0.1) is 12.0 Å². The third kappa shape index (κ3) is 2.45. The van der Waals surface area contributed by atoms with Crippen LogP contribution in [0, 0.1) is 5.41 Å². The van der Waals surface area contributed by atoms with Gasteiger partial charge in [-0.15, -0.1) is 0 Å². The molecule has 0 aliphatic carbocycles. The average molecular weight is 213 g/mol. The lowest BCUT2D eigenvalue weighted by Crippen LogP contribution is -2.39. The standard InChI is InChI=1S/C9H15N3O3/c1-9(4-6(10)13)2-3-12(8(9)15)5-7(11)14/h2-5H2,1H3,(H2,10,13)(H2,11,14). The van der Waals surface area contributed by atoms with E-state index in [2.05, 4.69) is 0 Å². The topological polar surface area (TPSA) is 106 Å². The largest absolute Gasteiger partial charge is 0.370 e. The van der Waals surface area contributed by atoms with Gasteiger partial charge < -0.3 is 16.4 Å². The summed E-state index contributed by atoms with van der Waals surface area (Å²) in [6.45, 7) is 2.04. The molecule has 84 valence electrons. The third-order valence-electron chi connectivity index (χ3n) is 2.65. The van der Waals surface area contributed by atoms with Crippen LogP contribution < -0.4 is 11.5 Å². The number of likely N-dealkylation sites (tertiary alicyclic amines) is 1. The summed E-state index contributed by atoms with van der Waals surface area (Å²) < 4.78 is 0. The molecule has 6 heteroatoms. The van der Waals surface area contributed by atoms with Gasteiger partial charge in [-0.1, -0.05) is 6.92 Å². The van der Waals surface area contributed by atoms with Crippen LogP contribution in [0.25, 0.3) is 0 Å². The van der Waals surface area contributed by atoms with Gasteiger partial charge in [-0.3, -0.25) is 14.4 Å². The van der Waals surface area contributed by atoms with Crippen molar-refractivity contribution in [3.8, 4) is 0 Å². The number of amides is 3. The van der Waals surface area contributed by atoms with E-state index in [1.165, 1.54) is 4.90 Å². The second-order valence-electron chi connectivity index (χ2n) is 4.15. The van der Waals surface area contributed by atoms with Crippen molar-refractivity contribution in [2.24, 2.45) is 16.9 Å². The highest BCUT2D eigenvalue weighted by Gasteiger charge is 2.43. The highest BCUT2D eigenvalue weighted by atomic mass is 16.2. The van der Waals surface area contributed by atoms with E-state index in [0.717, 1.165) is 0 Å². The molecule has 3 amide bonds. The quantitative estimate of drug-likeness (QED) is 0.598. The lowest BCUT2D eigenvalue weighted by Gasteiger charge is -2.21. The summed E-state index contributed by atoms with van der Waals surface area (Å²) in [6, 6.07) is 0. The number of carbonyl (C=O) groups excluding carboxylic acids is 3. The Labute approximate surface area is 87.6 Å². The SMILES string of the molecule is CC1(CC(N)=O)CCN(CC(N)=O)C1=O. The Kier molecular flexibility index (Phi) is 2.97. The molecule has 1 fully saturated rings. The van der Waals surface area contributed by atoms with Crippen molar-refractivity contribution in [2.45, 2.75) is 19.8 Å². The van der Waals surface area contributed by atoms with Crippen molar-refractivity contribution in [3.05, 3.63) is 0 Å². The van der Waals surface area contributed by atoms with E-state index in [1.54, 1.807) is 6.92 Å². The molecule has 0 radical (unpaired) electrons. The number of nitrogens with zero attached hydrogens (tertiary/aromatic N) is 1. The number of nitrogens with two attached hydrogens (primary N) is 2. The van der Waals surface area contributed by atoms with Gasteiger partial charge in [0, 0.05) is 13.0 Å². The first-order valence-electron chi connectivity index (χ1n) is 4.71. The summed E-state index contributed by atoms with van der Waals surface area (Å²) >= 11 is 0. The first-order chi connectivity index (χ1) is 6.85. The molecule has 0 aromatic rings. The fraction of sp³-hybridized carbons (Fsp3) is 0.667. The molecule has 1 unspecified atom stereocenters. The summed E-state index contributed by atoms with van der Waals surface area (Å²) in [5.74, 6) is -1.28. The van der Waals surface area contributed by atoms with Crippen molar-refractivity contribution < 1.29 is 14.4 Å². The Morgan fingerprint density at radius 1 is 1.40 bits per heavy atom. The molecular weight excluding hydrogens is 198 g/mol. The highest BCUT2D eigenvalue weighted by Crippen LogP contribution is 2.34. The summed E-state index contributed by atoms with van der Waals surface area (Å²) in [4.78, 5) is 34.6. The van der Waals surface area contributed by atoms with Crippen LogP contribution >= 0.6 is 0 Å². The molecule has 0 spiro atoms. The third-order valence-corrected chi connectivity index (χ3v) is 2.65. The number of hydrogen-bond donors (Lipinski definition) is 2. The number of carbonyl (C=O) groups is 3. The summed E-state index contributed by atoms with van der Waals surface area (Å²) in [7, 11) is 0. The molecule has 1 atom stereocenters. The van der Waals surface area contributed by atoms with Crippen LogP contribution in [-0.2, 0) is 14.4 Å². The van der Waals surface area contributed by atoms with E-state index < -0.39 is 17.2 Å². The van der Waals surface area contributed by atoms with E-state index in [0.29, 0.717) is 13.0 Å². The number of primary amides is 2. The zero-order valence-corrected chi connectivity index (χ0v) is 8.66. The normalized spacial score (nSPS) is 25.7. The molecule has 15 heavy (non-hydrogen) atoms. The minimum absolute atomic E-state index is 0.0150. The summed E-state index contributed by atoms with van der Waals surface area (Å²) in [5.41, 5.74) is 9.30. The molecule has 6 nitrogen and oxygen atoms in total. The maximum absolute atomic E-state index is 11.8. The molecular formula is C9H15N3O3. The molecule has 0 aromatic heterocycles. The van der Waals surface area contributed by atoms with E-state index in [-0.39, 0.29) is 18.9 Å². The maximum atomic E-state index is 11.8. The van der Waals surface area contributed by atoms with Crippen molar-refractivity contribution in [1.29, 1.82) is 0 Å². The molecule has 1 rings (SSSR count). The molecule has 4 N–H and O–H groups in total. The fourth-order valence-corrected chi connectivity index (χ4v) is 1.86. The molecule has 1 aliphatic heterocycles. The van der Waals surface area contributed by atoms with Crippen molar-refractivity contribution in [3.63, 3.8) is 0 Å². The van der Waals surface area contributed by atoms with E-state index in [1.807, 2.05) is 0 Å². The van der Waals surface area contributed by atoms with E-state index in [4.69, 9.17) is 11.5 Å². The summed E-state index contributed by atoms with van der Waals surface area (Å²) in [5, 5.41) is 0. The van der Waals surface area contributed by atoms with Gasteiger partial charge in [0.15, 0.2) is 0 Å². The minimum atomic E-state index is -0.763. The molecule has 0 bridgehead atoms. The first-order valence-corrected chi connectivity index (χ1v) is 4.71. The van der Waals surface area contributed by atoms with Crippen LogP contribution in [-0.4, -0.2) is 35.7 Å².